The number of hydrogen-bond donors (Lipinski definition) is 3. The zero-order valence-electron chi connectivity index (χ0n) is 26.4. The molecule has 1 aliphatic rings. The molecule has 3 amide bonds. The van der Waals surface area contributed by atoms with Crippen LogP contribution in [0.2, 0.25) is 0 Å². The number of benzene rings is 4. The Labute approximate surface area is 270 Å². The van der Waals surface area contributed by atoms with Gasteiger partial charge in [-0.1, -0.05) is 61.0 Å². The molecule has 1 aliphatic heterocycles. The van der Waals surface area contributed by atoms with E-state index in [1.807, 2.05) is 56.3 Å². The lowest BCUT2D eigenvalue weighted by Gasteiger charge is -2.33. The maximum atomic E-state index is 13.6. The highest BCUT2D eigenvalue weighted by Gasteiger charge is 2.33. The molecule has 0 radical (unpaired) electrons. The topological polar surface area (TPSA) is 128 Å². The van der Waals surface area contributed by atoms with Crippen molar-refractivity contribution >= 4 is 44.1 Å². The fraction of sp³-hybridized carbons (Fsp3) is 0.314. The van der Waals surface area contributed by atoms with Crippen LogP contribution < -0.4 is 15.4 Å². The van der Waals surface area contributed by atoms with Crippen LogP contribution in [-0.2, 0) is 21.2 Å². The number of nitrogens with zero attached hydrogens (tertiary/aromatic N) is 2. The van der Waals surface area contributed by atoms with E-state index in [0.717, 1.165) is 16.3 Å². The van der Waals surface area contributed by atoms with Gasteiger partial charge in [0.05, 0.1) is 36.2 Å². The first-order valence-corrected chi connectivity index (χ1v) is 16.7. The molecule has 0 spiro atoms. The third kappa shape index (κ3) is 7.33. The third-order valence-corrected chi connectivity index (χ3v) is 10.2. The summed E-state index contributed by atoms with van der Waals surface area (Å²) in [4.78, 5) is 28.4. The van der Waals surface area contributed by atoms with E-state index in [1.165, 1.54) is 11.4 Å². The van der Waals surface area contributed by atoms with E-state index in [-0.39, 0.29) is 42.8 Å². The van der Waals surface area contributed by atoms with Gasteiger partial charge in [0.1, 0.15) is 11.9 Å². The van der Waals surface area contributed by atoms with Gasteiger partial charge >= 0.3 is 6.03 Å². The molecule has 5 rings (SSSR count). The van der Waals surface area contributed by atoms with E-state index in [1.54, 1.807) is 54.3 Å². The summed E-state index contributed by atoms with van der Waals surface area (Å²) in [5.41, 5.74) is 2.60. The Hall–Kier alpha value is -4.45. The molecule has 0 fully saturated rings. The van der Waals surface area contributed by atoms with Crippen LogP contribution in [0.3, 0.4) is 0 Å². The Kier molecular flexibility index (Phi) is 9.95. The van der Waals surface area contributed by atoms with Crippen LogP contribution in [0, 0.1) is 12.8 Å². The summed E-state index contributed by atoms with van der Waals surface area (Å²) in [5.74, 6) is -0.0782. The van der Waals surface area contributed by atoms with E-state index in [9.17, 15) is 23.1 Å². The second-order valence-electron chi connectivity index (χ2n) is 11.9. The molecule has 0 unspecified atom stereocenters. The van der Waals surface area contributed by atoms with Crippen LogP contribution in [0.5, 0.6) is 5.75 Å². The largest absolute Gasteiger partial charge is 0.488 e. The van der Waals surface area contributed by atoms with Gasteiger partial charge in [0.25, 0.3) is 0 Å². The average Bonchev–Trinajstić information content (AvgIpc) is 3.08. The van der Waals surface area contributed by atoms with Crippen LogP contribution in [0.1, 0.15) is 25.0 Å². The number of carbonyl (C=O) groups is 2. The highest BCUT2D eigenvalue weighted by molar-refractivity contribution is 7.89. The lowest BCUT2D eigenvalue weighted by atomic mass is 10.0. The minimum atomic E-state index is -3.81. The number of sulfonamides is 1. The molecule has 0 saturated carbocycles. The van der Waals surface area contributed by atoms with Crippen molar-refractivity contribution < 1.29 is 27.9 Å². The number of hydrogen-bond acceptors (Lipinski definition) is 6. The molecular formula is C35H40N4O6S. The first-order chi connectivity index (χ1) is 22.0. The van der Waals surface area contributed by atoms with Gasteiger partial charge in [0.15, 0.2) is 0 Å². The summed E-state index contributed by atoms with van der Waals surface area (Å²) in [5, 5.41) is 17.6. The second-order valence-corrected chi connectivity index (χ2v) is 14.0. The fourth-order valence-electron chi connectivity index (χ4n) is 5.59. The van der Waals surface area contributed by atoms with E-state index in [4.69, 9.17) is 4.74 Å². The minimum absolute atomic E-state index is 0.0276. The molecule has 0 aliphatic carbocycles. The third-order valence-electron chi connectivity index (χ3n) is 8.38. The van der Waals surface area contributed by atoms with Gasteiger partial charge in [0.2, 0.25) is 15.9 Å². The zero-order chi connectivity index (χ0) is 33.0. The molecule has 242 valence electrons. The highest BCUT2D eigenvalue weighted by Crippen LogP contribution is 2.30. The van der Waals surface area contributed by atoms with Crippen molar-refractivity contribution in [1.29, 1.82) is 0 Å². The number of anilines is 2. The standard InChI is InChI=1S/C35H40N4O6S/c1-23-12-15-29(16-13-23)46(43,44)38(4)21-33-24(2)20-39(25(3)22-40)34(41)19-27-18-28(14-17-32(27)45-33)36-35(42)37-31-11-7-9-26-8-5-6-10-30(26)31/h5-18,24-25,33,40H,19-22H2,1-4H3,(H2,36,37,42)/t24-,25-,33+/m0/s1. The maximum absolute atomic E-state index is 13.6. The van der Waals surface area contributed by atoms with Crippen LogP contribution in [0.25, 0.3) is 10.8 Å². The van der Waals surface area contributed by atoms with Gasteiger partial charge in [-0.05, 0) is 55.6 Å². The van der Waals surface area contributed by atoms with Crippen molar-refractivity contribution in [3.05, 3.63) is 96.1 Å². The quantitative estimate of drug-likeness (QED) is 0.240. The van der Waals surface area contributed by atoms with Crippen molar-refractivity contribution in [1.82, 2.24) is 9.21 Å². The van der Waals surface area contributed by atoms with Crippen LogP contribution >= 0.6 is 0 Å². The first-order valence-electron chi connectivity index (χ1n) is 15.2. The zero-order valence-corrected chi connectivity index (χ0v) is 27.3. The Bertz CT molecular complexity index is 1820. The monoisotopic (exact) mass is 644 g/mol. The number of likely N-dealkylation sites (N-methyl/N-ethyl adjacent to an activating group) is 1. The molecule has 46 heavy (non-hydrogen) atoms. The van der Waals surface area contributed by atoms with Gasteiger partial charge in [-0.15, -0.1) is 0 Å². The number of rotatable bonds is 8. The summed E-state index contributed by atoms with van der Waals surface area (Å²) in [6.45, 7) is 5.62. The van der Waals surface area contributed by atoms with Gasteiger partial charge in [0, 0.05) is 36.1 Å². The predicted molar refractivity (Wildman–Crippen MR) is 180 cm³/mol. The normalized spacial score (nSPS) is 17.8. The number of aliphatic hydroxyl groups excluding tert-OH is 1. The number of carbonyl (C=O) groups excluding carboxylic acids is 2. The Morgan fingerprint density at radius 3 is 2.50 bits per heavy atom. The smallest absolute Gasteiger partial charge is 0.323 e. The van der Waals surface area contributed by atoms with Crippen molar-refractivity contribution in [2.75, 3.05) is 37.4 Å². The average molecular weight is 645 g/mol. The van der Waals surface area contributed by atoms with Gasteiger partial charge in [-0.2, -0.15) is 4.31 Å². The fourth-order valence-corrected chi connectivity index (χ4v) is 6.77. The number of urea groups is 1. The van der Waals surface area contributed by atoms with Crippen molar-refractivity contribution in [3.8, 4) is 5.75 Å². The number of aryl methyl sites for hydroxylation is 1. The summed E-state index contributed by atoms with van der Waals surface area (Å²) in [6.07, 6.45) is -0.659. The van der Waals surface area contributed by atoms with Crippen molar-refractivity contribution in [3.63, 3.8) is 0 Å². The van der Waals surface area contributed by atoms with E-state index < -0.39 is 28.2 Å². The van der Waals surface area contributed by atoms with Gasteiger partial charge in [-0.3, -0.25) is 4.79 Å². The molecule has 10 nitrogen and oxygen atoms in total. The van der Waals surface area contributed by atoms with E-state index in [0.29, 0.717) is 22.7 Å². The summed E-state index contributed by atoms with van der Waals surface area (Å²) in [6, 6.07) is 24.2. The summed E-state index contributed by atoms with van der Waals surface area (Å²) >= 11 is 0. The molecule has 3 N–H and O–H groups in total. The van der Waals surface area contributed by atoms with Crippen molar-refractivity contribution in [2.24, 2.45) is 5.92 Å². The molecule has 0 saturated heterocycles. The van der Waals surface area contributed by atoms with Gasteiger partial charge in [-0.25, -0.2) is 13.2 Å². The Morgan fingerprint density at radius 1 is 1.04 bits per heavy atom. The summed E-state index contributed by atoms with van der Waals surface area (Å²) < 4.78 is 34.6. The molecule has 1 heterocycles. The number of ether oxygens (including phenoxy) is 1. The van der Waals surface area contributed by atoms with Crippen molar-refractivity contribution in [2.45, 2.75) is 44.2 Å². The Morgan fingerprint density at radius 2 is 1.76 bits per heavy atom. The summed E-state index contributed by atoms with van der Waals surface area (Å²) in [7, 11) is -2.30. The van der Waals surface area contributed by atoms with Crippen LogP contribution in [0.4, 0.5) is 16.2 Å². The first kappa shape index (κ1) is 32.9. The maximum Gasteiger partial charge on any atom is 0.323 e. The molecule has 4 aromatic carbocycles. The lowest BCUT2D eigenvalue weighted by Crippen LogP contribution is -2.48. The lowest BCUT2D eigenvalue weighted by molar-refractivity contribution is -0.134. The second kappa shape index (κ2) is 13.9. The minimum Gasteiger partial charge on any atom is -0.488 e. The molecular weight excluding hydrogens is 604 g/mol. The van der Waals surface area contributed by atoms with Crippen LogP contribution in [0.15, 0.2) is 89.8 Å². The molecule has 0 aromatic heterocycles. The number of nitrogens with one attached hydrogen (secondary N) is 2. The highest BCUT2D eigenvalue weighted by atomic mass is 32.2. The van der Waals surface area contributed by atoms with Gasteiger partial charge < -0.3 is 25.4 Å². The number of fused-ring (bicyclic) bond motifs is 2. The number of aliphatic hydroxyl groups is 1. The van der Waals surface area contributed by atoms with Crippen LogP contribution in [-0.4, -0.2) is 73.6 Å². The molecule has 11 heteroatoms. The molecule has 3 atom stereocenters. The molecule has 0 bridgehead atoms. The molecule has 4 aromatic rings. The SMILES string of the molecule is Cc1ccc(S(=O)(=O)N(C)C[C@H]2Oc3ccc(NC(=O)Nc4cccc5ccccc45)cc3CC(=O)N([C@@H](C)CO)C[C@@H]2C)cc1. The predicted octanol–water partition coefficient (Wildman–Crippen LogP) is 5.26. The van der Waals surface area contributed by atoms with E-state index in [2.05, 4.69) is 10.6 Å². The van der Waals surface area contributed by atoms with E-state index >= 15 is 0 Å². The Balaban J connectivity index is 1.41. The number of amides is 3.